The van der Waals surface area contributed by atoms with E-state index in [4.69, 9.17) is 16.3 Å². The van der Waals surface area contributed by atoms with E-state index in [1.54, 1.807) is 24.3 Å². The summed E-state index contributed by atoms with van der Waals surface area (Å²) in [5.41, 5.74) is 1.67. The SMILES string of the molecule is FC1=C(F)C(F)C(F)C(F)=C1SP(=S)(OCc1ccccc1)SCc1ccccc1. The Morgan fingerprint density at radius 1 is 0.833 bits per heavy atom. The molecule has 0 aliphatic heterocycles. The van der Waals surface area contributed by atoms with Gasteiger partial charge in [-0.1, -0.05) is 72.0 Å². The number of alkyl halides is 2. The molecule has 0 N–H and O–H groups in total. The Balaban J connectivity index is 1.85. The molecule has 3 unspecified atom stereocenters. The van der Waals surface area contributed by atoms with E-state index in [1.165, 1.54) is 0 Å². The van der Waals surface area contributed by atoms with Gasteiger partial charge in [-0.3, -0.25) is 0 Å². The van der Waals surface area contributed by atoms with Crippen molar-refractivity contribution < 1.29 is 26.5 Å². The number of hydrogen-bond donors (Lipinski definition) is 0. The van der Waals surface area contributed by atoms with Crippen molar-refractivity contribution >= 4 is 39.2 Å². The lowest BCUT2D eigenvalue weighted by Crippen LogP contribution is -2.24. The Morgan fingerprint density at radius 3 is 1.97 bits per heavy atom. The van der Waals surface area contributed by atoms with Crippen LogP contribution in [0.4, 0.5) is 22.0 Å². The molecule has 160 valence electrons. The zero-order valence-electron chi connectivity index (χ0n) is 15.3. The van der Waals surface area contributed by atoms with Crippen molar-refractivity contribution in [3.8, 4) is 0 Å². The molecule has 3 rings (SSSR count). The minimum absolute atomic E-state index is 0.0560. The molecule has 2 aromatic carbocycles. The molecule has 0 radical (unpaired) electrons. The largest absolute Gasteiger partial charge is 0.329 e. The van der Waals surface area contributed by atoms with Gasteiger partial charge in [-0.25, -0.2) is 22.0 Å². The van der Waals surface area contributed by atoms with Crippen LogP contribution >= 0.6 is 27.4 Å². The van der Waals surface area contributed by atoms with E-state index in [0.717, 1.165) is 22.5 Å². The van der Waals surface area contributed by atoms with Crippen LogP contribution in [0.2, 0.25) is 0 Å². The van der Waals surface area contributed by atoms with Gasteiger partial charge in [0.1, 0.15) is 0 Å². The van der Waals surface area contributed by atoms with E-state index in [1.807, 2.05) is 36.4 Å². The first-order chi connectivity index (χ1) is 14.3. The Morgan fingerprint density at radius 2 is 1.37 bits per heavy atom. The summed E-state index contributed by atoms with van der Waals surface area (Å²) in [6, 6.07) is 18.2. The normalized spacial score (nSPS) is 21.6. The molecule has 0 saturated heterocycles. The first-order valence-electron chi connectivity index (χ1n) is 8.70. The van der Waals surface area contributed by atoms with Gasteiger partial charge in [-0.15, -0.1) is 0 Å². The topological polar surface area (TPSA) is 9.23 Å². The van der Waals surface area contributed by atoms with E-state index in [0.29, 0.717) is 17.1 Å². The van der Waals surface area contributed by atoms with Crippen LogP contribution in [0.5, 0.6) is 0 Å². The van der Waals surface area contributed by atoms with Gasteiger partial charge in [0.2, 0.25) is 0 Å². The monoisotopic (exact) mass is 494 g/mol. The molecule has 2 aromatic rings. The average molecular weight is 495 g/mol. The van der Waals surface area contributed by atoms with Gasteiger partial charge < -0.3 is 4.52 Å². The highest BCUT2D eigenvalue weighted by Gasteiger charge is 2.42. The first kappa shape index (κ1) is 23.5. The number of allylic oxidation sites excluding steroid dienone is 3. The van der Waals surface area contributed by atoms with Crippen molar-refractivity contribution in [2.75, 3.05) is 0 Å². The van der Waals surface area contributed by atoms with Gasteiger partial charge in [0.15, 0.2) is 34.5 Å². The lowest BCUT2D eigenvalue weighted by molar-refractivity contribution is 0.167. The van der Waals surface area contributed by atoms with Crippen molar-refractivity contribution in [1.82, 2.24) is 0 Å². The number of hydrogen-bond acceptors (Lipinski definition) is 4. The van der Waals surface area contributed by atoms with Crippen LogP contribution in [0.15, 0.2) is 83.0 Å². The van der Waals surface area contributed by atoms with Gasteiger partial charge in [0.05, 0.1) is 11.5 Å². The van der Waals surface area contributed by atoms with Gasteiger partial charge in [0.25, 0.3) is 0 Å². The smallest absolute Gasteiger partial charge is 0.192 e. The summed E-state index contributed by atoms with van der Waals surface area (Å²) in [5.74, 6) is -5.07. The molecule has 0 heterocycles. The maximum absolute atomic E-state index is 14.3. The number of benzene rings is 2. The quantitative estimate of drug-likeness (QED) is 0.271. The molecule has 0 saturated carbocycles. The summed E-state index contributed by atoms with van der Waals surface area (Å²) in [6.07, 6.45) is -5.92. The fraction of sp³-hybridized carbons (Fsp3) is 0.200. The van der Waals surface area contributed by atoms with E-state index in [9.17, 15) is 22.0 Å². The highest BCUT2D eigenvalue weighted by atomic mass is 33.2. The van der Waals surface area contributed by atoms with Crippen molar-refractivity contribution in [1.29, 1.82) is 0 Å². The second-order valence-corrected chi connectivity index (χ2v) is 16.5. The standard InChI is InChI=1S/C20H16F5OPS3/c21-15-16(22)18(24)20(19(25)17(15)23)30-27(28,26-11-13-7-3-1-4-8-13)29-12-14-9-5-2-6-10-14/h1-10,15-16H,11-12H2. The van der Waals surface area contributed by atoms with Crippen LogP contribution in [0, 0.1) is 0 Å². The molecule has 0 amide bonds. The summed E-state index contributed by atoms with van der Waals surface area (Å²) < 4.78 is 72.2. The van der Waals surface area contributed by atoms with Gasteiger partial charge >= 0.3 is 0 Å². The predicted octanol–water partition coefficient (Wildman–Crippen LogP) is 8.12. The molecule has 30 heavy (non-hydrogen) atoms. The molecule has 1 aliphatic carbocycles. The van der Waals surface area contributed by atoms with Crippen molar-refractivity contribution in [3.63, 3.8) is 0 Å². The third-order valence-electron chi connectivity index (χ3n) is 4.03. The highest BCUT2D eigenvalue weighted by molar-refractivity contribution is 8.99. The fourth-order valence-electron chi connectivity index (χ4n) is 2.46. The van der Waals surface area contributed by atoms with E-state index in [-0.39, 0.29) is 6.61 Å². The minimum Gasteiger partial charge on any atom is -0.329 e. The third-order valence-corrected chi connectivity index (χ3v) is 12.8. The maximum Gasteiger partial charge on any atom is 0.192 e. The highest BCUT2D eigenvalue weighted by Crippen LogP contribution is 2.75. The fourth-order valence-corrected chi connectivity index (χ4v) is 9.92. The Labute approximate surface area is 184 Å². The molecule has 0 aromatic heterocycles. The van der Waals surface area contributed by atoms with Crippen LogP contribution in [0.3, 0.4) is 0 Å². The zero-order valence-corrected chi connectivity index (χ0v) is 18.7. The zero-order chi connectivity index (χ0) is 21.7. The number of halogens is 5. The predicted molar refractivity (Wildman–Crippen MR) is 118 cm³/mol. The first-order valence-corrected chi connectivity index (χ1v) is 14.4. The van der Waals surface area contributed by atoms with Gasteiger partial charge in [-0.05, 0) is 34.3 Å². The number of rotatable bonds is 8. The summed E-state index contributed by atoms with van der Waals surface area (Å²) in [5, 5.41) is 0. The lowest BCUT2D eigenvalue weighted by Gasteiger charge is -2.25. The Kier molecular flexibility index (Phi) is 8.21. The second-order valence-electron chi connectivity index (χ2n) is 6.20. The molecule has 1 aliphatic rings. The van der Waals surface area contributed by atoms with Gasteiger partial charge in [0, 0.05) is 5.75 Å². The molecular weight excluding hydrogens is 478 g/mol. The Bertz CT molecular complexity index is 937. The van der Waals surface area contributed by atoms with Crippen molar-refractivity contribution in [2.45, 2.75) is 24.7 Å². The third kappa shape index (κ3) is 5.77. The summed E-state index contributed by atoms with van der Waals surface area (Å²) in [7, 11) is 0. The average Bonchev–Trinajstić information content (AvgIpc) is 2.78. The molecule has 10 heteroatoms. The van der Waals surface area contributed by atoms with Crippen LogP contribution < -0.4 is 0 Å². The second kappa shape index (κ2) is 10.5. The molecule has 0 spiro atoms. The molecule has 3 atom stereocenters. The van der Waals surface area contributed by atoms with Crippen molar-refractivity contribution in [2.24, 2.45) is 0 Å². The molecular formula is C20H16F5OPS3. The molecule has 1 nitrogen and oxygen atoms in total. The molecule has 0 bridgehead atoms. The molecule has 0 fully saturated rings. The summed E-state index contributed by atoms with van der Waals surface area (Å²) >= 11 is 7.14. The van der Waals surface area contributed by atoms with Crippen LogP contribution in [0.1, 0.15) is 11.1 Å². The minimum atomic E-state index is -3.13. The summed E-state index contributed by atoms with van der Waals surface area (Å²) in [6.45, 7) is 0.0560. The van der Waals surface area contributed by atoms with Gasteiger partial charge in [-0.2, -0.15) is 0 Å². The van der Waals surface area contributed by atoms with E-state index < -0.39 is 39.4 Å². The van der Waals surface area contributed by atoms with E-state index in [2.05, 4.69) is 0 Å². The van der Waals surface area contributed by atoms with Crippen molar-refractivity contribution in [3.05, 3.63) is 94.2 Å². The van der Waals surface area contributed by atoms with Crippen LogP contribution in [-0.4, -0.2) is 12.3 Å². The maximum atomic E-state index is 14.3. The van der Waals surface area contributed by atoms with Crippen LogP contribution in [0.25, 0.3) is 0 Å². The Hall–Kier alpha value is -1.12. The lowest BCUT2D eigenvalue weighted by atomic mass is 10.1. The van der Waals surface area contributed by atoms with E-state index >= 15 is 0 Å². The van der Waals surface area contributed by atoms with Crippen LogP contribution in [-0.2, 0) is 28.7 Å². The summed E-state index contributed by atoms with van der Waals surface area (Å²) in [4.78, 5) is -0.967.